The Hall–Kier alpha value is -2.82. The molecule has 1 aliphatic carbocycles. The average Bonchev–Trinajstić information content (AvgIpc) is 3.41. The van der Waals surface area contributed by atoms with Gasteiger partial charge in [-0.15, -0.1) is 0 Å². The zero-order valence-electron chi connectivity index (χ0n) is 16.3. The molecule has 1 aliphatic heterocycles. The van der Waals surface area contributed by atoms with Gasteiger partial charge in [0, 0.05) is 29.3 Å². The minimum absolute atomic E-state index is 0.0129. The number of aromatic amines is 1. The normalized spacial score (nSPS) is 19.8. The lowest BCUT2D eigenvalue weighted by molar-refractivity contribution is -0.119. The summed E-state index contributed by atoms with van der Waals surface area (Å²) in [6.07, 6.45) is 5.65. The highest BCUT2D eigenvalue weighted by Gasteiger charge is 2.26. The molecule has 1 saturated heterocycles. The summed E-state index contributed by atoms with van der Waals surface area (Å²) in [5.41, 5.74) is 3.53. The number of benzene rings is 1. The van der Waals surface area contributed by atoms with E-state index in [1.54, 1.807) is 0 Å². The minimum Gasteiger partial charge on any atom is -0.491 e. The molecule has 2 N–H and O–H groups in total. The maximum atomic E-state index is 12.5. The van der Waals surface area contributed by atoms with Crippen molar-refractivity contribution in [3.8, 4) is 5.75 Å². The summed E-state index contributed by atoms with van der Waals surface area (Å²) in [5, 5.41) is 2.98. The Kier molecular flexibility index (Phi) is 5.07. The third kappa shape index (κ3) is 4.19. The molecule has 28 heavy (non-hydrogen) atoms. The Balaban J connectivity index is 1.69. The van der Waals surface area contributed by atoms with Crippen LogP contribution in [0.2, 0.25) is 0 Å². The molecule has 5 nitrogen and oxygen atoms in total. The first-order valence-electron chi connectivity index (χ1n) is 10.0. The third-order valence-electron chi connectivity index (χ3n) is 5.18. The smallest absolute Gasteiger partial charge is 0.251 e. The number of hydrogen-bond acceptors (Lipinski definition) is 3. The van der Waals surface area contributed by atoms with Gasteiger partial charge in [0.2, 0.25) is 5.91 Å². The van der Waals surface area contributed by atoms with E-state index in [-0.39, 0.29) is 23.6 Å². The number of ether oxygens (including phenoxy) is 1. The SMILES string of the molecule is CC(C)Oc1ccc(C(=C[C@H]2CCC(=O)N2)c2ccc(C3CC3)c(=O)[nH]2)cc1. The van der Waals surface area contributed by atoms with Crippen LogP contribution in [-0.4, -0.2) is 23.0 Å². The summed E-state index contributed by atoms with van der Waals surface area (Å²) in [6, 6.07) is 11.8. The Morgan fingerprint density at radius 2 is 1.82 bits per heavy atom. The summed E-state index contributed by atoms with van der Waals surface area (Å²) < 4.78 is 5.74. The van der Waals surface area contributed by atoms with Gasteiger partial charge in [0.1, 0.15) is 5.75 Å². The summed E-state index contributed by atoms with van der Waals surface area (Å²) in [7, 11) is 0. The quantitative estimate of drug-likeness (QED) is 0.804. The van der Waals surface area contributed by atoms with Crippen molar-refractivity contribution in [2.75, 3.05) is 0 Å². The van der Waals surface area contributed by atoms with Crippen molar-refractivity contribution < 1.29 is 9.53 Å². The van der Waals surface area contributed by atoms with Crippen molar-refractivity contribution in [2.24, 2.45) is 0 Å². The molecule has 2 fully saturated rings. The van der Waals surface area contributed by atoms with Crippen LogP contribution in [0.25, 0.3) is 5.57 Å². The van der Waals surface area contributed by atoms with Crippen molar-refractivity contribution >= 4 is 11.5 Å². The molecular weight excluding hydrogens is 352 g/mol. The fraction of sp³-hybridized carbons (Fsp3) is 0.391. The van der Waals surface area contributed by atoms with Crippen LogP contribution in [0.1, 0.15) is 62.3 Å². The highest BCUT2D eigenvalue weighted by molar-refractivity contribution is 5.82. The van der Waals surface area contributed by atoms with Gasteiger partial charge in [-0.25, -0.2) is 0 Å². The van der Waals surface area contributed by atoms with Gasteiger partial charge in [0.05, 0.1) is 6.10 Å². The molecule has 1 aromatic heterocycles. The average molecular weight is 378 g/mol. The largest absolute Gasteiger partial charge is 0.491 e. The number of carbonyl (C=O) groups excluding carboxylic acids is 1. The predicted octanol–water partition coefficient (Wildman–Crippen LogP) is 3.75. The van der Waals surface area contributed by atoms with Crippen LogP contribution >= 0.6 is 0 Å². The molecule has 2 aliphatic rings. The van der Waals surface area contributed by atoms with E-state index in [1.807, 2.05) is 56.3 Å². The number of aromatic nitrogens is 1. The van der Waals surface area contributed by atoms with Gasteiger partial charge in [-0.1, -0.05) is 24.3 Å². The number of rotatable bonds is 6. The van der Waals surface area contributed by atoms with E-state index in [9.17, 15) is 9.59 Å². The maximum Gasteiger partial charge on any atom is 0.251 e. The molecular formula is C23H26N2O3. The van der Waals surface area contributed by atoms with Crippen LogP contribution in [0, 0.1) is 0 Å². The van der Waals surface area contributed by atoms with Crippen molar-refractivity contribution in [2.45, 2.75) is 57.6 Å². The molecule has 0 unspecified atom stereocenters. The van der Waals surface area contributed by atoms with Gasteiger partial charge in [-0.05, 0) is 62.8 Å². The standard InChI is InChI=1S/C23H26N2O3/c1-14(2)28-18-8-5-16(6-9-18)20(13-17-7-12-22(26)24-17)21-11-10-19(15-3-4-15)23(27)25-21/h5-6,8-11,13-15,17H,3-4,7,12H2,1-2H3,(H,24,26)(H,25,27)/t17-/m1/s1. The molecule has 4 rings (SSSR count). The summed E-state index contributed by atoms with van der Waals surface area (Å²) >= 11 is 0. The fourth-order valence-corrected chi connectivity index (χ4v) is 3.65. The van der Waals surface area contributed by atoms with Gasteiger partial charge in [-0.2, -0.15) is 0 Å². The second-order valence-corrected chi connectivity index (χ2v) is 7.91. The Bertz CT molecular complexity index is 953. The monoisotopic (exact) mass is 378 g/mol. The molecule has 1 atom stereocenters. The van der Waals surface area contributed by atoms with E-state index >= 15 is 0 Å². The molecule has 1 saturated carbocycles. The first-order valence-corrected chi connectivity index (χ1v) is 10.0. The van der Waals surface area contributed by atoms with E-state index in [2.05, 4.69) is 10.3 Å². The molecule has 1 amide bonds. The Morgan fingerprint density at radius 1 is 1.07 bits per heavy atom. The first kappa shape index (κ1) is 18.5. The van der Waals surface area contributed by atoms with Gasteiger partial charge >= 0.3 is 0 Å². The van der Waals surface area contributed by atoms with Crippen LogP contribution in [0.5, 0.6) is 5.75 Å². The molecule has 0 spiro atoms. The maximum absolute atomic E-state index is 12.5. The van der Waals surface area contributed by atoms with E-state index in [4.69, 9.17) is 4.74 Å². The van der Waals surface area contributed by atoms with Gasteiger partial charge in [-0.3, -0.25) is 9.59 Å². The number of amides is 1. The third-order valence-corrected chi connectivity index (χ3v) is 5.18. The van der Waals surface area contributed by atoms with Crippen LogP contribution in [-0.2, 0) is 4.79 Å². The number of nitrogens with one attached hydrogen (secondary N) is 2. The number of pyridine rings is 1. The van der Waals surface area contributed by atoms with Gasteiger partial charge in [0.15, 0.2) is 0 Å². The Morgan fingerprint density at radius 3 is 2.39 bits per heavy atom. The molecule has 146 valence electrons. The molecule has 5 heteroatoms. The lowest BCUT2D eigenvalue weighted by Gasteiger charge is -2.14. The van der Waals surface area contributed by atoms with E-state index in [0.717, 1.165) is 47.4 Å². The first-order chi connectivity index (χ1) is 13.5. The van der Waals surface area contributed by atoms with Crippen LogP contribution in [0.15, 0.2) is 47.3 Å². The van der Waals surface area contributed by atoms with Crippen molar-refractivity contribution in [3.05, 3.63) is 69.6 Å². The second kappa shape index (κ2) is 7.66. The topological polar surface area (TPSA) is 71.2 Å². The van der Waals surface area contributed by atoms with Crippen molar-refractivity contribution in [1.29, 1.82) is 0 Å². The van der Waals surface area contributed by atoms with E-state index in [1.165, 1.54) is 0 Å². The van der Waals surface area contributed by atoms with Crippen molar-refractivity contribution in [1.82, 2.24) is 10.3 Å². The minimum atomic E-state index is -0.0271. The lowest BCUT2D eigenvalue weighted by atomic mass is 9.98. The van der Waals surface area contributed by atoms with Crippen molar-refractivity contribution in [3.63, 3.8) is 0 Å². The highest BCUT2D eigenvalue weighted by Crippen LogP contribution is 2.38. The fourth-order valence-electron chi connectivity index (χ4n) is 3.65. The number of hydrogen-bond donors (Lipinski definition) is 2. The van der Waals surface area contributed by atoms with Gasteiger partial charge < -0.3 is 15.0 Å². The van der Waals surface area contributed by atoms with Crippen LogP contribution in [0.3, 0.4) is 0 Å². The zero-order chi connectivity index (χ0) is 19.7. The summed E-state index contributed by atoms with van der Waals surface area (Å²) in [4.78, 5) is 27.2. The predicted molar refractivity (Wildman–Crippen MR) is 109 cm³/mol. The van der Waals surface area contributed by atoms with E-state index < -0.39 is 0 Å². The van der Waals surface area contributed by atoms with E-state index in [0.29, 0.717) is 12.3 Å². The molecule has 2 aromatic rings. The molecule has 2 heterocycles. The number of H-pyrrole nitrogens is 1. The Labute approximate surface area is 164 Å². The lowest BCUT2D eigenvalue weighted by Crippen LogP contribution is -2.23. The van der Waals surface area contributed by atoms with Crippen LogP contribution < -0.4 is 15.6 Å². The van der Waals surface area contributed by atoms with Crippen LogP contribution in [0.4, 0.5) is 0 Å². The van der Waals surface area contributed by atoms with Gasteiger partial charge in [0.25, 0.3) is 5.56 Å². The zero-order valence-corrected chi connectivity index (χ0v) is 16.3. The summed E-state index contributed by atoms with van der Waals surface area (Å²) in [6.45, 7) is 3.99. The highest BCUT2D eigenvalue weighted by atomic mass is 16.5. The molecule has 0 radical (unpaired) electrons. The summed E-state index contributed by atoms with van der Waals surface area (Å²) in [5.74, 6) is 1.29. The molecule has 0 bridgehead atoms. The second-order valence-electron chi connectivity index (χ2n) is 7.91. The number of carbonyl (C=O) groups is 1. The molecule has 1 aromatic carbocycles.